The fourth-order valence-electron chi connectivity index (χ4n) is 1.98. The third-order valence-corrected chi connectivity index (χ3v) is 2.96. The van der Waals surface area contributed by atoms with Crippen molar-refractivity contribution in [3.8, 4) is 11.5 Å². The molecular formula is C14H11N3O3. The third-order valence-electron chi connectivity index (χ3n) is 2.96. The maximum Gasteiger partial charge on any atom is 0.275 e. The Balaban J connectivity index is 2.17. The van der Waals surface area contributed by atoms with Gasteiger partial charge in [0.15, 0.2) is 5.76 Å². The zero-order chi connectivity index (χ0) is 14.1. The number of fused-ring (bicyclic) bond motifs is 1. The summed E-state index contributed by atoms with van der Waals surface area (Å²) < 4.78 is 5.68. The van der Waals surface area contributed by atoms with E-state index in [9.17, 15) is 10.1 Å². The fraction of sp³-hybridized carbons (Fsp3) is 0.0714. The van der Waals surface area contributed by atoms with Crippen LogP contribution < -0.4 is 5.32 Å². The minimum Gasteiger partial charge on any atom is -0.454 e. The lowest BCUT2D eigenvalue weighted by Crippen LogP contribution is -1.97. The van der Waals surface area contributed by atoms with E-state index in [4.69, 9.17) is 4.42 Å². The Morgan fingerprint density at radius 2 is 2.05 bits per heavy atom. The smallest absolute Gasteiger partial charge is 0.275 e. The number of rotatable bonds is 3. The van der Waals surface area contributed by atoms with Crippen molar-refractivity contribution < 1.29 is 9.34 Å². The Hall–Kier alpha value is -2.89. The van der Waals surface area contributed by atoms with Gasteiger partial charge in [-0.25, -0.2) is 4.98 Å². The number of anilines is 1. The van der Waals surface area contributed by atoms with E-state index in [0.717, 1.165) is 11.0 Å². The van der Waals surface area contributed by atoms with Crippen LogP contribution in [0.15, 0.2) is 46.9 Å². The molecule has 0 atom stereocenters. The van der Waals surface area contributed by atoms with Crippen LogP contribution in [0.4, 0.5) is 11.5 Å². The molecule has 0 amide bonds. The molecule has 1 N–H and O–H groups in total. The van der Waals surface area contributed by atoms with Crippen LogP contribution >= 0.6 is 0 Å². The molecule has 2 aromatic heterocycles. The van der Waals surface area contributed by atoms with Crippen LogP contribution in [0.2, 0.25) is 0 Å². The Labute approximate surface area is 114 Å². The van der Waals surface area contributed by atoms with E-state index < -0.39 is 4.92 Å². The normalized spacial score (nSPS) is 10.7. The maximum absolute atomic E-state index is 10.9. The van der Waals surface area contributed by atoms with Crippen LogP contribution in [0.5, 0.6) is 0 Å². The highest BCUT2D eigenvalue weighted by molar-refractivity contribution is 5.82. The van der Waals surface area contributed by atoms with Crippen LogP contribution in [-0.4, -0.2) is 17.0 Å². The van der Waals surface area contributed by atoms with Gasteiger partial charge in [0.25, 0.3) is 5.69 Å². The SMILES string of the molecule is CNc1cc([N+](=O)[O-])cc(-c2cc3ccccc3o2)n1. The van der Waals surface area contributed by atoms with E-state index in [-0.39, 0.29) is 5.69 Å². The van der Waals surface area contributed by atoms with Crippen molar-refractivity contribution in [1.82, 2.24) is 4.98 Å². The average molecular weight is 269 g/mol. The second-order valence-electron chi connectivity index (χ2n) is 4.25. The molecule has 0 saturated carbocycles. The van der Waals surface area contributed by atoms with Gasteiger partial charge >= 0.3 is 0 Å². The zero-order valence-electron chi connectivity index (χ0n) is 10.7. The zero-order valence-corrected chi connectivity index (χ0v) is 10.7. The molecule has 0 radical (unpaired) electrons. The summed E-state index contributed by atoms with van der Waals surface area (Å²) >= 11 is 0. The lowest BCUT2D eigenvalue weighted by atomic mass is 10.2. The van der Waals surface area contributed by atoms with Gasteiger partial charge in [0.1, 0.15) is 17.1 Å². The lowest BCUT2D eigenvalue weighted by Gasteiger charge is -2.02. The molecule has 0 fully saturated rings. The molecule has 0 unspecified atom stereocenters. The van der Waals surface area contributed by atoms with E-state index in [2.05, 4.69) is 10.3 Å². The number of aromatic nitrogens is 1. The maximum atomic E-state index is 10.9. The number of nitrogens with one attached hydrogen (secondary N) is 1. The number of hydrogen-bond donors (Lipinski definition) is 1. The van der Waals surface area contributed by atoms with Gasteiger partial charge in [0.2, 0.25) is 0 Å². The highest BCUT2D eigenvalue weighted by atomic mass is 16.6. The average Bonchev–Trinajstić information content (AvgIpc) is 2.90. The molecule has 0 bridgehead atoms. The second-order valence-corrected chi connectivity index (χ2v) is 4.25. The minimum absolute atomic E-state index is 0.0280. The Morgan fingerprint density at radius 1 is 1.25 bits per heavy atom. The minimum atomic E-state index is -0.450. The third kappa shape index (κ3) is 2.07. The van der Waals surface area contributed by atoms with E-state index >= 15 is 0 Å². The van der Waals surface area contributed by atoms with Gasteiger partial charge in [-0.2, -0.15) is 0 Å². The molecular weight excluding hydrogens is 258 g/mol. The molecule has 6 nitrogen and oxygen atoms in total. The van der Waals surface area contributed by atoms with E-state index in [1.54, 1.807) is 7.05 Å². The number of pyridine rings is 1. The number of nitro groups is 1. The van der Waals surface area contributed by atoms with Gasteiger partial charge in [-0.3, -0.25) is 10.1 Å². The van der Waals surface area contributed by atoms with Crippen molar-refractivity contribution in [2.45, 2.75) is 0 Å². The van der Waals surface area contributed by atoms with Crippen LogP contribution in [0.25, 0.3) is 22.4 Å². The van der Waals surface area contributed by atoms with Crippen molar-refractivity contribution in [3.05, 3.63) is 52.6 Å². The van der Waals surface area contributed by atoms with Gasteiger partial charge < -0.3 is 9.73 Å². The van der Waals surface area contributed by atoms with Crippen LogP contribution in [0, 0.1) is 10.1 Å². The molecule has 3 aromatic rings. The van der Waals surface area contributed by atoms with Crippen LogP contribution in [0.3, 0.4) is 0 Å². The summed E-state index contributed by atoms with van der Waals surface area (Å²) in [5, 5.41) is 14.7. The highest BCUT2D eigenvalue weighted by Crippen LogP contribution is 2.29. The quantitative estimate of drug-likeness (QED) is 0.581. The summed E-state index contributed by atoms with van der Waals surface area (Å²) in [5.74, 6) is 0.932. The summed E-state index contributed by atoms with van der Waals surface area (Å²) in [4.78, 5) is 14.8. The Kier molecular flexibility index (Phi) is 2.83. The van der Waals surface area contributed by atoms with Crippen molar-refractivity contribution >= 4 is 22.5 Å². The molecule has 1 aromatic carbocycles. The van der Waals surface area contributed by atoms with Crippen molar-refractivity contribution in [3.63, 3.8) is 0 Å². The van der Waals surface area contributed by atoms with Gasteiger partial charge in [0, 0.05) is 18.5 Å². The predicted molar refractivity (Wildman–Crippen MR) is 75.6 cm³/mol. The largest absolute Gasteiger partial charge is 0.454 e. The van der Waals surface area contributed by atoms with Crippen molar-refractivity contribution in [2.24, 2.45) is 0 Å². The fourth-order valence-corrected chi connectivity index (χ4v) is 1.98. The molecule has 0 aliphatic rings. The number of furan rings is 1. The van der Waals surface area contributed by atoms with E-state index in [0.29, 0.717) is 17.3 Å². The first-order valence-corrected chi connectivity index (χ1v) is 6.00. The molecule has 2 heterocycles. The number of para-hydroxylation sites is 1. The molecule has 100 valence electrons. The molecule has 0 saturated heterocycles. The van der Waals surface area contributed by atoms with Gasteiger partial charge in [-0.15, -0.1) is 0 Å². The molecule has 0 aliphatic carbocycles. The molecule has 3 rings (SSSR count). The first kappa shape index (κ1) is 12.2. The number of hydrogen-bond acceptors (Lipinski definition) is 5. The topological polar surface area (TPSA) is 81.2 Å². The first-order chi connectivity index (χ1) is 9.67. The van der Waals surface area contributed by atoms with E-state index in [1.807, 2.05) is 30.3 Å². The highest BCUT2D eigenvalue weighted by Gasteiger charge is 2.14. The van der Waals surface area contributed by atoms with Crippen LogP contribution in [-0.2, 0) is 0 Å². The van der Waals surface area contributed by atoms with Gasteiger partial charge in [-0.1, -0.05) is 18.2 Å². The van der Waals surface area contributed by atoms with Gasteiger partial charge in [-0.05, 0) is 12.1 Å². The number of nitrogens with zero attached hydrogens (tertiary/aromatic N) is 2. The molecule has 6 heteroatoms. The molecule has 0 aliphatic heterocycles. The summed E-state index contributed by atoms with van der Waals surface area (Å²) in [6.07, 6.45) is 0. The van der Waals surface area contributed by atoms with Gasteiger partial charge in [0.05, 0.1) is 11.0 Å². The van der Waals surface area contributed by atoms with E-state index in [1.165, 1.54) is 12.1 Å². The Morgan fingerprint density at radius 3 is 2.75 bits per heavy atom. The van der Waals surface area contributed by atoms with Crippen molar-refractivity contribution in [2.75, 3.05) is 12.4 Å². The van der Waals surface area contributed by atoms with Crippen molar-refractivity contribution in [1.29, 1.82) is 0 Å². The predicted octanol–water partition coefficient (Wildman–Crippen LogP) is 3.44. The van der Waals surface area contributed by atoms with Crippen LogP contribution in [0.1, 0.15) is 0 Å². The lowest BCUT2D eigenvalue weighted by molar-refractivity contribution is -0.384. The number of benzene rings is 1. The molecule has 20 heavy (non-hydrogen) atoms. The first-order valence-electron chi connectivity index (χ1n) is 6.00. The summed E-state index contributed by atoms with van der Waals surface area (Å²) in [6, 6.07) is 12.1. The Bertz CT molecular complexity index is 762. The summed E-state index contributed by atoms with van der Waals surface area (Å²) in [5.41, 5.74) is 1.13. The summed E-state index contributed by atoms with van der Waals surface area (Å²) in [7, 11) is 1.66. The molecule has 0 spiro atoms. The monoisotopic (exact) mass is 269 g/mol. The standard InChI is InChI=1S/C14H11N3O3/c1-15-14-8-10(17(18)19)7-11(16-14)13-6-9-4-2-3-5-12(9)20-13/h2-8H,1H3,(H,15,16). The second kappa shape index (κ2) is 4.65. The summed E-state index contributed by atoms with van der Waals surface area (Å²) in [6.45, 7) is 0.